The first-order valence-electron chi connectivity index (χ1n) is 5.83. The molecule has 0 aliphatic rings. The number of rotatable bonds is 7. The summed E-state index contributed by atoms with van der Waals surface area (Å²) in [5.74, 6) is 5.65. The summed E-state index contributed by atoms with van der Waals surface area (Å²) < 4.78 is 27.8. The monoisotopic (exact) mass is 272 g/mol. The van der Waals surface area contributed by atoms with Gasteiger partial charge >= 0.3 is 0 Å². The molecule has 0 radical (unpaired) electrons. The topological polar surface area (TPSA) is 72.6 Å². The van der Waals surface area contributed by atoms with Gasteiger partial charge in [-0.15, -0.1) is 0 Å². The van der Waals surface area contributed by atoms with Crippen LogP contribution in [0.1, 0.15) is 19.4 Å². The van der Waals surface area contributed by atoms with Crippen molar-refractivity contribution >= 4 is 10.1 Å². The van der Waals surface area contributed by atoms with Crippen molar-refractivity contribution in [1.82, 2.24) is 5.01 Å². The molecule has 0 saturated heterocycles. The van der Waals surface area contributed by atoms with Crippen LogP contribution in [0.3, 0.4) is 0 Å². The van der Waals surface area contributed by atoms with Gasteiger partial charge in [0.15, 0.2) is 0 Å². The lowest BCUT2D eigenvalue weighted by Gasteiger charge is -2.16. The third kappa shape index (κ3) is 6.11. The van der Waals surface area contributed by atoms with Crippen LogP contribution >= 0.6 is 0 Å². The maximum atomic E-state index is 11.5. The number of nitrogens with zero attached hydrogens (tertiary/aromatic N) is 1. The zero-order chi connectivity index (χ0) is 13.6. The predicted molar refractivity (Wildman–Crippen MR) is 71.0 cm³/mol. The molecule has 6 heteroatoms. The number of hydrogen-bond donors (Lipinski definition) is 1. The Kier molecular flexibility index (Phi) is 5.74. The standard InChI is InChI=1S/C12H20N2O3S/c1-11(2)17-18(15,16)9-8-14(13)10-12-6-4-3-5-7-12/h3-7,11H,8-10,13H2,1-2H3. The molecule has 0 saturated carbocycles. The molecule has 1 aromatic carbocycles. The minimum atomic E-state index is -3.49. The Balaban J connectivity index is 2.40. The van der Waals surface area contributed by atoms with Gasteiger partial charge in [-0.2, -0.15) is 8.42 Å². The SMILES string of the molecule is CC(C)OS(=O)(=O)CCN(N)Cc1ccccc1. The molecule has 18 heavy (non-hydrogen) atoms. The fraction of sp³-hybridized carbons (Fsp3) is 0.500. The second-order valence-electron chi connectivity index (χ2n) is 4.36. The molecule has 0 amide bonds. The van der Waals surface area contributed by atoms with Crippen LogP contribution in [0, 0.1) is 0 Å². The van der Waals surface area contributed by atoms with Crippen LogP contribution in [0.15, 0.2) is 30.3 Å². The Morgan fingerprint density at radius 2 is 1.89 bits per heavy atom. The van der Waals surface area contributed by atoms with E-state index in [1.807, 2.05) is 30.3 Å². The van der Waals surface area contributed by atoms with Gasteiger partial charge in [-0.05, 0) is 19.4 Å². The molecular formula is C12H20N2O3S. The Labute approximate surface area is 109 Å². The number of nitrogens with two attached hydrogens (primary N) is 1. The van der Waals surface area contributed by atoms with Crippen molar-refractivity contribution in [3.05, 3.63) is 35.9 Å². The lowest BCUT2D eigenvalue weighted by molar-refractivity contribution is 0.240. The fourth-order valence-corrected chi connectivity index (χ4v) is 2.61. The summed E-state index contributed by atoms with van der Waals surface area (Å²) in [6, 6.07) is 9.65. The molecule has 1 aromatic rings. The minimum absolute atomic E-state index is 0.103. The summed E-state index contributed by atoms with van der Waals surface area (Å²) in [7, 11) is -3.49. The van der Waals surface area contributed by atoms with Crippen LogP contribution in [-0.2, 0) is 20.8 Å². The van der Waals surface area contributed by atoms with Crippen LogP contribution in [0.2, 0.25) is 0 Å². The van der Waals surface area contributed by atoms with Crippen molar-refractivity contribution in [3.63, 3.8) is 0 Å². The molecular weight excluding hydrogens is 252 g/mol. The van der Waals surface area contributed by atoms with E-state index < -0.39 is 10.1 Å². The third-order valence-electron chi connectivity index (χ3n) is 2.20. The first kappa shape index (κ1) is 15.1. The van der Waals surface area contributed by atoms with Gasteiger partial charge in [-0.3, -0.25) is 10.0 Å². The smallest absolute Gasteiger partial charge is 0.268 e. The first-order chi connectivity index (χ1) is 8.39. The molecule has 0 unspecified atom stereocenters. The fourth-order valence-electron chi connectivity index (χ4n) is 1.47. The molecule has 0 heterocycles. The van der Waals surface area contributed by atoms with E-state index >= 15 is 0 Å². The summed E-state index contributed by atoms with van der Waals surface area (Å²) in [5.41, 5.74) is 1.04. The maximum Gasteiger partial charge on any atom is 0.268 e. The molecule has 0 aliphatic heterocycles. The normalized spacial score (nSPS) is 12.3. The predicted octanol–water partition coefficient (Wildman–Crippen LogP) is 1.12. The van der Waals surface area contributed by atoms with Gasteiger partial charge in [0.2, 0.25) is 0 Å². The van der Waals surface area contributed by atoms with E-state index in [-0.39, 0.29) is 18.4 Å². The van der Waals surface area contributed by atoms with Crippen molar-refractivity contribution < 1.29 is 12.6 Å². The second kappa shape index (κ2) is 6.84. The average Bonchev–Trinajstić information content (AvgIpc) is 2.26. The van der Waals surface area contributed by atoms with Crippen molar-refractivity contribution in [2.45, 2.75) is 26.5 Å². The third-order valence-corrected chi connectivity index (χ3v) is 3.56. The number of hydrogen-bond acceptors (Lipinski definition) is 5. The van der Waals surface area contributed by atoms with E-state index in [9.17, 15) is 8.42 Å². The molecule has 2 N–H and O–H groups in total. The average molecular weight is 272 g/mol. The molecule has 0 atom stereocenters. The highest BCUT2D eigenvalue weighted by atomic mass is 32.2. The highest BCUT2D eigenvalue weighted by Crippen LogP contribution is 2.03. The Morgan fingerprint density at radius 3 is 2.44 bits per heavy atom. The van der Waals surface area contributed by atoms with Gasteiger partial charge in [-0.1, -0.05) is 30.3 Å². The van der Waals surface area contributed by atoms with Gasteiger partial charge in [-0.25, -0.2) is 5.01 Å². The van der Waals surface area contributed by atoms with Crippen LogP contribution in [0.25, 0.3) is 0 Å². The van der Waals surface area contributed by atoms with E-state index in [4.69, 9.17) is 10.0 Å². The Hall–Kier alpha value is -0.950. The number of benzene rings is 1. The highest BCUT2D eigenvalue weighted by Gasteiger charge is 2.14. The van der Waals surface area contributed by atoms with Gasteiger partial charge < -0.3 is 0 Å². The lowest BCUT2D eigenvalue weighted by Crippen LogP contribution is -2.35. The summed E-state index contributed by atoms with van der Waals surface area (Å²) in [6.45, 7) is 4.12. The van der Waals surface area contributed by atoms with Gasteiger partial charge in [0, 0.05) is 13.1 Å². The number of hydrazine groups is 1. The van der Waals surface area contributed by atoms with E-state index in [2.05, 4.69) is 0 Å². The van der Waals surface area contributed by atoms with Gasteiger partial charge in [0.1, 0.15) is 0 Å². The van der Waals surface area contributed by atoms with Crippen LogP contribution in [0.5, 0.6) is 0 Å². The Bertz CT molecular complexity index is 446. The first-order valence-corrected chi connectivity index (χ1v) is 7.41. The molecule has 0 fully saturated rings. The largest absolute Gasteiger partial charge is 0.268 e. The maximum absolute atomic E-state index is 11.5. The molecule has 0 aliphatic carbocycles. The molecule has 5 nitrogen and oxygen atoms in total. The molecule has 0 spiro atoms. The van der Waals surface area contributed by atoms with Crippen LogP contribution in [0.4, 0.5) is 0 Å². The zero-order valence-electron chi connectivity index (χ0n) is 10.7. The van der Waals surface area contributed by atoms with E-state index in [0.717, 1.165) is 5.56 Å². The summed E-state index contributed by atoms with van der Waals surface area (Å²) >= 11 is 0. The van der Waals surface area contributed by atoms with Crippen molar-refractivity contribution in [2.75, 3.05) is 12.3 Å². The summed E-state index contributed by atoms with van der Waals surface area (Å²) in [6.07, 6.45) is -0.338. The second-order valence-corrected chi connectivity index (χ2v) is 6.08. The van der Waals surface area contributed by atoms with E-state index in [1.165, 1.54) is 5.01 Å². The molecule has 0 bridgehead atoms. The highest BCUT2D eigenvalue weighted by molar-refractivity contribution is 7.86. The van der Waals surface area contributed by atoms with Crippen LogP contribution in [-0.4, -0.2) is 31.8 Å². The van der Waals surface area contributed by atoms with Crippen LogP contribution < -0.4 is 5.84 Å². The summed E-state index contributed by atoms with van der Waals surface area (Å²) in [4.78, 5) is 0. The van der Waals surface area contributed by atoms with Crippen molar-refractivity contribution in [2.24, 2.45) is 5.84 Å². The van der Waals surface area contributed by atoms with Crippen molar-refractivity contribution in [1.29, 1.82) is 0 Å². The van der Waals surface area contributed by atoms with E-state index in [1.54, 1.807) is 13.8 Å². The quantitative estimate of drug-likeness (QED) is 0.457. The van der Waals surface area contributed by atoms with Gasteiger partial charge in [0.05, 0.1) is 11.9 Å². The van der Waals surface area contributed by atoms with E-state index in [0.29, 0.717) is 6.54 Å². The zero-order valence-corrected chi connectivity index (χ0v) is 11.6. The lowest BCUT2D eigenvalue weighted by atomic mass is 10.2. The molecule has 102 valence electrons. The van der Waals surface area contributed by atoms with Crippen molar-refractivity contribution in [3.8, 4) is 0 Å². The van der Waals surface area contributed by atoms with Gasteiger partial charge in [0.25, 0.3) is 10.1 Å². The summed E-state index contributed by atoms with van der Waals surface area (Å²) in [5, 5.41) is 1.47. The minimum Gasteiger partial charge on any atom is -0.268 e. The Morgan fingerprint density at radius 1 is 1.28 bits per heavy atom. The molecule has 0 aromatic heterocycles. The molecule has 1 rings (SSSR count).